The number of nitrogens with zero attached hydrogens (tertiary/aromatic N) is 2. The maximum absolute atomic E-state index is 12.7. The zero-order valence-electron chi connectivity index (χ0n) is 15.8. The van der Waals surface area contributed by atoms with Crippen LogP contribution in [0.4, 0.5) is 5.69 Å². The van der Waals surface area contributed by atoms with Gasteiger partial charge >= 0.3 is 0 Å². The highest BCUT2D eigenvalue weighted by Crippen LogP contribution is 2.30. The molecule has 0 spiro atoms. The summed E-state index contributed by atoms with van der Waals surface area (Å²) in [6.07, 6.45) is 0. The van der Waals surface area contributed by atoms with Crippen molar-refractivity contribution in [3.63, 3.8) is 0 Å². The second-order valence-electron chi connectivity index (χ2n) is 6.64. The van der Waals surface area contributed by atoms with Crippen molar-refractivity contribution in [3.8, 4) is 0 Å². The molecule has 6 nitrogen and oxygen atoms in total. The fourth-order valence-electron chi connectivity index (χ4n) is 2.82. The highest BCUT2D eigenvalue weighted by atomic mass is 35.5. The fourth-order valence-corrected chi connectivity index (χ4v) is 5.53. The number of rotatable bonds is 6. The van der Waals surface area contributed by atoms with Crippen molar-refractivity contribution >= 4 is 56.6 Å². The van der Waals surface area contributed by atoms with Crippen molar-refractivity contribution in [2.45, 2.75) is 9.79 Å². The van der Waals surface area contributed by atoms with E-state index in [1.54, 1.807) is 30.3 Å². The van der Waals surface area contributed by atoms with Crippen molar-refractivity contribution in [3.05, 3.63) is 52.5 Å². The van der Waals surface area contributed by atoms with E-state index in [1.807, 2.05) is 7.05 Å². The summed E-state index contributed by atoms with van der Waals surface area (Å²) in [7, 11) is -1.55. The van der Waals surface area contributed by atoms with Crippen molar-refractivity contribution in [1.82, 2.24) is 9.21 Å². The van der Waals surface area contributed by atoms with Gasteiger partial charge in [0.25, 0.3) is 0 Å². The second-order valence-corrected chi connectivity index (χ2v) is 10.4. The lowest BCUT2D eigenvalue weighted by atomic mass is 10.3. The lowest BCUT2D eigenvalue weighted by molar-refractivity contribution is -0.113. The van der Waals surface area contributed by atoms with Crippen LogP contribution in [0, 0.1) is 0 Å². The standard InChI is InChI=1S/C19H21Cl2N3O3S2/c1-23-8-10-24(11-9-23)29(26,27)16-5-3-15(4-6-16)22-19(25)13-28-18-12-14(20)2-7-17(18)21/h2-7,12H,8-11,13H2,1H3,(H,22,25). The van der Waals surface area contributed by atoms with Gasteiger partial charge in [-0.1, -0.05) is 23.2 Å². The Balaban J connectivity index is 1.58. The van der Waals surface area contributed by atoms with E-state index in [0.717, 1.165) is 4.90 Å². The molecular formula is C19H21Cl2N3O3S2. The van der Waals surface area contributed by atoms with Gasteiger partial charge in [0.15, 0.2) is 0 Å². The molecule has 2 aromatic rings. The molecule has 0 unspecified atom stereocenters. The number of nitrogens with one attached hydrogen (secondary N) is 1. The van der Waals surface area contributed by atoms with Crippen LogP contribution in [0.25, 0.3) is 0 Å². The normalized spacial score (nSPS) is 16.0. The smallest absolute Gasteiger partial charge is 0.243 e. The van der Waals surface area contributed by atoms with E-state index in [1.165, 1.54) is 28.2 Å². The third-order valence-corrected chi connectivity index (χ3v) is 8.14. The Labute approximate surface area is 185 Å². The zero-order valence-corrected chi connectivity index (χ0v) is 18.9. The molecule has 0 radical (unpaired) electrons. The number of benzene rings is 2. The summed E-state index contributed by atoms with van der Waals surface area (Å²) in [5.74, 6) is -0.0674. The molecule has 0 atom stereocenters. The Morgan fingerprint density at radius 1 is 1.07 bits per heavy atom. The van der Waals surface area contributed by atoms with E-state index in [2.05, 4.69) is 10.2 Å². The van der Waals surface area contributed by atoms with Gasteiger partial charge in [-0.05, 0) is 49.5 Å². The zero-order chi connectivity index (χ0) is 21.0. The minimum absolute atomic E-state index is 0.154. The summed E-state index contributed by atoms with van der Waals surface area (Å²) in [5, 5.41) is 3.84. The van der Waals surface area contributed by atoms with Crippen molar-refractivity contribution in [2.24, 2.45) is 0 Å². The number of piperazine rings is 1. The molecule has 0 bridgehead atoms. The van der Waals surface area contributed by atoms with Crippen LogP contribution < -0.4 is 5.32 Å². The quantitative estimate of drug-likeness (QED) is 0.648. The van der Waals surface area contributed by atoms with Gasteiger partial charge < -0.3 is 10.2 Å². The molecule has 0 aliphatic carbocycles. The van der Waals surface area contributed by atoms with Crippen LogP contribution >= 0.6 is 35.0 Å². The number of thioether (sulfide) groups is 1. The average molecular weight is 474 g/mol. The third kappa shape index (κ3) is 5.87. The third-order valence-electron chi connectivity index (χ3n) is 4.49. The van der Waals surface area contributed by atoms with Gasteiger partial charge in [-0.2, -0.15) is 4.31 Å². The van der Waals surface area contributed by atoms with E-state index in [4.69, 9.17) is 23.2 Å². The van der Waals surface area contributed by atoms with Gasteiger partial charge in [-0.15, -0.1) is 11.8 Å². The van der Waals surface area contributed by atoms with Crippen LogP contribution in [0.2, 0.25) is 10.0 Å². The van der Waals surface area contributed by atoms with E-state index in [0.29, 0.717) is 41.9 Å². The van der Waals surface area contributed by atoms with Gasteiger partial charge in [0, 0.05) is 41.8 Å². The predicted octanol–water partition coefficient (Wildman–Crippen LogP) is 3.66. The summed E-state index contributed by atoms with van der Waals surface area (Å²) in [5.41, 5.74) is 0.533. The molecule has 3 rings (SSSR count). The number of anilines is 1. The Hall–Kier alpha value is -1.29. The first kappa shape index (κ1) is 22.4. The molecular weight excluding hydrogens is 453 g/mol. The number of carbonyl (C=O) groups is 1. The first-order chi connectivity index (χ1) is 13.8. The van der Waals surface area contributed by atoms with Crippen molar-refractivity contribution < 1.29 is 13.2 Å². The molecule has 1 aliphatic heterocycles. The molecule has 1 amide bonds. The molecule has 1 fully saturated rings. The molecule has 1 heterocycles. The van der Waals surface area contributed by atoms with Gasteiger partial charge in [-0.3, -0.25) is 4.79 Å². The predicted molar refractivity (Wildman–Crippen MR) is 119 cm³/mol. The minimum Gasteiger partial charge on any atom is -0.325 e. The summed E-state index contributed by atoms with van der Waals surface area (Å²) < 4.78 is 27.0. The van der Waals surface area contributed by atoms with Crippen LogP contribution in [0.1, 0.15) is 0 Å². The van der Waals surface area contributed by atoms with Crippen LogP contribution in [0.5, 0.6) is 0 Å². The number of halogens is 2. The highest BCUT2D eigenvalue weighted by Gasteiger charge is 2.27. The van der Waals surface area contributed by atoms with Crippen molar-refractivity contribution in [1.29, 1.82) is 0 Å². The number of amides is 1. The Kier molecular flexibility index (Phi) is 7.47. The Bertz CT molecular complexity index is 977. The lowest BCUT2D eigenvalue weighted by Gasteiger charge is -2.31. The Morgan fingerprint density at radius 2 is 1.72 bits per heavy atom. The molecule has 0 saturated carbocycles. The molecule has 1 N–H and O–H groups in total. The second kappa shape index (κ2) is 9.68. The average Bonchev–Trinajstić information content (AvgIpc) is 2.69. The fraction of sp³-hybridized carbons (Fsp3) is 0.316. The molecule has 1 saturated heterocycles. The van der Waals surface area contributed by atoms with Crippen LogP contribution in [-0.4, -0.2) is 62.5 Å². The molecule has 2 aromatic carbocycles. The first-order valence-corrected chi connectivity index (χ1v) is 12.1. The number of carbonyl (C=O) groups excluding carboxylic acids is 1. The van der Waals surface area contributed by atoms with Crippen LogP contribution in [0.15, 0.2) is 52.3 Å². The van der Waals surface area contributed by atoms with Gasteiger partial charge in [-0.25, -0.2) is 8.42 Å². The van der Waals surface area contributed by atoms with Crippen LogP contribution in [0.3, 0.4) is 0 Å². The van der Waals surface area contributed by atoms with Crippen molar-refractivity contribution in [2.75, 3.05) is 44.3 Å². The number of hydrogen-bond acceptors (Lipinski definition) is 5. The van der Waals surface area contributed by atoms with E-state index >= 15 is 0 Å². The molecule has 29 heavy (non-hydrogen) atoms. The lowest BCUT2D eigenvalue weighted by Crippen LogP contribution is -2.46. The Morgan fingerprint density at radius 3 is 2.38 bits per heavy atom. The van der Waals surface area contributed by atoms with E-state index in [9.17, 15) is 13.2 Å². The molecule has 1 aliphatic rings. The monoisotopic (exact) mass is 473 g/mol. The number of sulfonamides is 1. The summed E-state index contributed by atoms with van der Waals surface area (Å²) in [6, 6.07) is 11.3. The molecule has 0 aromatic heterocycles. The summed E-state index contributed by atoms with van der Waals surface area (Å²) in [4.78, 5) is 15.2. The number of hydrogen-bond donors (Lipinski definition) is 1. The molecule has 156 valence electrons. The van der Waals surface area contributed by atoms with E-state index in [-0.39, 0.29) is 16.6 Å². The largest absolute Gasteiger partial charge is 0.325 e. The summed E-state index contributed by atoms with van der Waals surface area (Å²) >= 11 is 13.3. The summed E-state index contributed by atoms with van der Waals surface area (Å²) in [6.45, 7) is 2.37. The maximum Gasteiger partial charge on any atom is 0.243 e. The minimum atomic E-state index is -3.52. The molecule has 10 heteroatoms. The van der Waals surface area contributed by atoms with E-state index < -0.39 is 10.0 Å². The topological polar surface area (TPSA) is 69.7 Å². The highest BCUT2D eigenvalue weighted by molar-refractivity contribution is 8.00. The maximum atomic E-state index is 12.7. The van der Waals surface area contributed by atoms with Gasteiger partial charge in [0.05, 0.1) is 15.7 Å². The number of likely N-dealkylation sites (N-methyl/N-ethyl adjacent to an activating group) is 1. The van der Waals surface area contributed by atoms with Crippen LogP contribution in [-0.2, 0) is 14.8 Å². The van der Waals surface area contributed by atoms with Gasteiger partial charge in [0.1, 0.15) is 0 Å². The first-order valence-electron chi connectivity index (χ1n) is 8.92. The SMILES string of the molecule is CN1CCN(S(=O)(=O)c2ccc(NC(=O)CSc3cc(Cl)ccc3Cl)cc2)CC1. The van der Waals surface area contributed by atoms with Gasteiger partial charge in [0.2, 0.25) is 15.9 Å².